The van der Waals surface area contributed by atoms with Gasteiger partial charge in [-0.3, -0.25) is 4.79 Å². The first kappa shape index (κ1) is 21.7. The van der Waals surface area contributed by atoms with E-state index in [1.165, 1.54) is 35.6 Å². The highest BCUT2D eigenvalue weighted by atomic mass is 32.2. The standard InChI is InChI=1S/C24H22N2O5S/c1-26(16-17-7-3-2-4-8-17)32(29,30)20-13-11-19(12-14-20)25-23(27)22-15-18-9-5-6-10-21(18)24(28)31-22/h2-14,22H,15-16H2,1H3,(H,25,27)/t22-/m0/s1. The van der Waals surface area contributed by atoms with E-state index >= 15 is 0 Å². The fourth-order valence-corrected chi connectivity index (χ4v) is 4.68. The van der Waals surface area contributed by atoms with Crippen molar-refractivity contribution in [3.63, 3.8) is 0 Å². The first-order valence-electron chi connectivity index (χ1n) is 10.0. The number of carbonyl (C=O) groups is 2. The minimum absolute atomic E-state index is 0.118. The van der Waals surface area contributed by atoms with E-state index in [9.17, 15) is 18.0 Å². The molecule has 0 bridgehead atoms. The molecule has 0 aliphatic carbocycles. The van der Waals surface area contributed by atoms with Gasteiger partial charge in [0.2, 0.25) is 10.0 Å². The van der Waals surface area contributed by atoms with Gasteiger partial charge in [0.15, 0.2) is 6.10 Å². The molecule has 1 aliphatic rings. The number of cyclic esters (lactones) is 1. The van der Waals surface area contributed by atoms with Crippen LogP contribution < -0.4 is 5.32 Å². The summed E-state index contributed by atoms with van der Waals surface area (Å²) in [5.74, 6) is -1.00. The minimum atomic E-state index is -3.69. The summed E-state index contributed by atoms with van der Waals surface area (Å²) < 4.78 is 32.2. The molecule has 0 aromatic heterocycles. The highest BCUT2D eigenvalue weighted by Gasteiger charge is 2.31. The number of amides is 1. The van der Waals surface area contributed by atoms with Gasteiger partial charge in [0.25, 0.3) is 5.91 Å². The summed E-state index contributed by atoms with van der Waals surface area (Å²) in [6, 6.07) is 22.2. The first-order chi connectivity index (χ1) is 15.3. The maximum Gasteiger partial charge on any atom is 0.339 e. The topological polar surface area (TPSA) is 92.8 Å². The van der Waals surface area contributed by atoms with Gasteiger partial charge in [-0.1, -0.05) is 48.5 Å². The number of carbonyl (C=O) groups excluding carboxylic acids is 2. The summed E-state index contributed by atoms with van der Waals surface area (Å²) in [6.07, 6.45) is -0.664. The number of ether oxygens (including phenoxy) is 1. The average Bonchev–Trinajstić information content (AvgIpc) is 2.80. The Labute approximate surface area is 186 Å². The van der Waals surface area contributed by atoms with Gasteiger partial charge in [-0.25, -0.2) is 13.2 Å². The summed E-state index contributed by atoms with van der Waals surface area (Å²) in [4.78, 5) is 24.8. The van der Waals surface area contributed by atoms with Crippen molar-refractivity contribution < 1.29 is 22.7 Å². The molecule has 7 nitrogen and oxygen atoms in total. The Morgan fingerprint density at radius 3 is 2.38 bits per heavy atom. The van der Waals surface area contributed by atoms with Crippen molar-refractivity contribution in [2.45, 2.75) is 24.0 Å². The largest absolute Gasteiger partial charge is 0.448 e. The van der Waals surface area contributed by atoms with Crippen molar-refractivity contribution in [1.82, 2.24) is 4.31 Å². The molecule has 1 aliphatic heterocycles. The molecule has 3 aromatic rings. The number of nitrogens with zero attached hydrogens (tertiary/aromatic N) is 1. The lowest BCUT2D eigenvalue weighted by atomic mass is 9.98. The lowest BCUT2D eigenvalue weighted by Gasteiger charge is -2.23. The van der Waals surface area contributed by atoms with Crippen LogP contribution >= 0.6 is 0 Å². The predicted molar refractivity (Wildman–Crippen MR) is 120 cm³/mol. The Hall–Kier alpha value is -3.49. The molecule has 0 spiro atoms. The lowest BCUT2D eigenvalue weighted by Crippen LogP contribution is -2.37. The minimum Gasteiger partial charge on any atom is -0.448 e. The van der Waals surface area contributed by atoms with Crippen LogP contribution in [0.4, 0.5) is 5.69 Å². The number of fused-ring (bicyclic) bond motifs is 1. The molecule has 32 heavy (non-hydrogen) atoms. The molecule has 1 N–H and O–H groups in total. The third-order valence-corrected chi connectivity index (χ3v) is 7.08. The van der Waals surface area contributed by atoms with Gasteiger partial charge in [-0.15, -0.1) is 0 Å². The van der Waals surface area contributed by atoms with Gasteiger partial charge in [0.1, 0.15) is 0 Å². The molecular weight excluding hydrogens is 428 g/mol. The highest BCUT2D eigenvalue weighted by Crippen LogP contribution is 2.23. The molecule has 1 amide bonds. The zero-order valence-corrected chi connectivity index (χ0v) is 18.2. The average molecular weight is 451 g/mol. The van der Waals surface area contributed by atoms with Crippen LogP contribution in [0.25, 0.3) is 0 Å². The molecule has 1 heterocycles. The number of hydrogen-bond acceptors (Lipinski definition) is 5. The van der Waals surface area contributed by atoms with Gasteiger partial charge in [0.05, 0.1) is 10.5 Å². The van der Waals surface area contributed by atoms with Gasteiger partial charge in [-0.05, 0) is 41.5 Å². The van der Waals surface area contributed by atoms with Crippen LogP contribution in [0.2, 0.25) is 0 Å². The van der Waals surface area contributed by atoms with Crippen molar-refractivity contribution in [2.24, 2.45) is 0 Å². The van der Waals surface area contributed by atoms with Crippen molar-refractivity contribution >= 4 is 27.6 Å². The maximum absolute atomic E-state index is 12.9. The quantitative estimate of drug-likeness (QED) is 0.582. The van der Waals surface area contributed by atoms with Gasteiger partial charge in [0, 0.05) is 25.7 Å². The Bertz CT molecular complexity index is 1240. The van der Waals surface area contributed by atoms with Gasteiger partial charge >= 0.3 is 5.97 Å². The first-order valence-corrected chi connectivity index (χ1v) is 11.5. The van der Waals surface area contributed by atoms with Crippen LogP contribution in [0, 0.1) is 0 Å². The van der Waals surface area contributed by atoms with Crippen LogP contribution in [0.5, 0.6) is 0 Å². The molecule has 0 radical (unpaired) electrons. The van der Waals surface area contributed by atoms with Crippen LogP contribution in [-0.2, 0) is 32.5 Å². The number of sulfonamides is 1. The lowest BCUT2D eigenvalue weighted by molar-refractivity contribution is -0.125. The van der Waals surface area contributed by atoms with Crippen molar-refractivity contribution in [1.29, 1.82) is 0 Å². The van der Waals surface area contributed by atoms with Crippen molar-refractivity contribution in [2.75, 3.05) is 12.4 Å². The van der Waals surface area contributed by atoms with Gasteiger partial charge < -0.3 is 10.1 Å². The van der Waals surface area contributed by atoms with E-state index in [0.29, 0.717) is 11.3 Å². The number of esters is 1. The Morgan fingerprint density at radius 1 is 1.00 bits per heavy atom. The summed E-state index contributed by atoms with van der Waals surface area (Å²) in [7, 11) is -2.17. The molecule has 0 unspecified atom stereocenters. The van der Waals surface area contributed by atoms with E-state index in [1.54, 1.807) is 24.3 Å². The van der Waals surface area contributed by atoms with Gasteiger partial charge in [-0.2, -0.15) is 4.31 Å². The monoisotopic (exact) mass is 450 g/mol. The summed E-state index contributed by atoms with van der Waals surface area (Å²) in [6.45, 7) is 0.246. The number of hydrogen-bond donors (Lipinski definition) is 1. The van der Waals surface area contributed by atoms with Crippen LogP contribution in [0.15, 0.2) is 83.8 Å². The van der Waals surface area contributed by atoms with Crippen LogP contribution in [0.1, 0.15) is 21.5 Å². The summed E-state index contributed by atoms with van der Waals surface area (Å²) in [5.41, 5.74) is 2.51. The highest BCUT2D eigenvalue weighted by molar-refractivity contribution is 7.89. The van der Waals surface area contributed by atoms with E-state index in [4.69, 9.17) is 4.74 Å². The molecule has 4 rings (SSSR count). The van der Waals surface area contributed by atoms with Crippen molar-refractivity contribution in [3.8, 4) is 0 Å². The molecule has 1 atom stereocenters. The fourth-order valence-electron chi connectivity index (χ4n) is 3.52. The van der Waals surface area contributed by atoms with Crippen LogP contribution in [-0.4, -0.2) is 37.8 Å². The SMILES string of the molecule is CN(Cc1ccccc1)S(=O)(=O)c1ccc(NC(=O)[C@@H]2Cc3ccccc3C(=O)O2)cc1. The molecule has 0 saturated heterocycles. The van der Waals surface area contributed by atoms with E-state index < -0.39 is 28.0 Å². The number of anilines is 1. The second kappa shape index (κ2) is 8.94. The summed E-state index contributed by atoms with van der Waals surface area (Å²) in [5, 5.41) is 2.69. The molecule has 0 fully saturated rings. The smallest absolute Gasteiger partial charge is 0.339 e. The molecular formula is C24H22N2O5S. The number of benzene rings is 3. The van der Waals surface area contributed by atoms with E-state index in [1.807, 2.05) is 30.3 Å². The van der Waals surface area contributed by atoms with E-state index in [0.717, 1.165) is 11.1 Å². The second-order valence-electron chi connectivity index (χ2n) is 7.52. The maximum atomic E-state index is 12.9. The Kier molecular flexibility index (Phi) is 6.07. The Balaban J connectivity index is 1.42. The van der Waals surface area contributed by atoms with Crippen LogP contribution in [0.3, 0.4) is 0 Å². The van der Waals surface area contributed by atoms with E-state index in [-0.39, 0.29) is 17.9 Å². The molecule has 3 aromatic carbocycles. The predicted octanol–water partition coefficient (Wildman–Crippen LogP) is 3.23. The summed E-state index contributed by atoms with van der Waals surface area (Å²) >= 11 is 0. The third-order valence-electron chi connectivity index (χ3n) is 5.26. The zero-order chi connectivity index (χ0) is 22.7. The van der Waals surface area contributed by atoms with E-state index in [2.05, 4.69) is 5.32 Å². The Morgan fingerprint density at radius 2 is 1.66 bits per heavy atom. The molecule has 0 saturated carbocycles. The fraction of sp³-hybridized carbons (Fsp3) is 0.167. The normalized spacial score (nSPS) is 15.7. The molecule has 8 heteroatoms. The second-order valence-corrected chi connectivity index (χ2v) is 9.56. The molecule has 164 valence electrons. The number of rotatable bonds is 6. The third kappa shape index (κ3) is 4.56. The number of nitrogens with one attached hydrogen (secondary N) is 1. The van der Waals surface area contributed by atoms with Crippen molar-refractivity contribution in [3.05, 3.63) is 95.6 Å². The zero-order valence-electron chi connectivity index (χ0n) is 17.4.